The molecule has 0 saturated carbocycles. The SMILES string of the molecule is CN(C)C(CNC(=O)CCNC(=O)OC(C)(C)C)c1cccc(F)c1. The van der Waals surface area contributed by atoms with E-state index >= 15 is 0 Å². The summed E-state index contributed by atoms with van der Waals surface area (Å²) in [5.74, 6) is -0.503. The average molecular weight is 353 g/mol. The summed E-state index contributed by atoms with van der Waals surface area (Å²) in [6.07, 6.45) is -0.408. The van der Waals surface area contributed by atoms with E-state index in [1.807, 2.05) is 25.1 Å². The van der Waals surface area contributed by atoms with Gasteiger partial charge < -0.3 is 20.3 Å². The fourth-order valence-electron chi connectivity index (χ4n) is 2.20. The summed E-state index contributed by atoms with van der Waals surface area (Å²) in [5.41, 5.74) is 0.216. The van der Waals surface area contributed by atoms with Crippen LogP contribution in [-0.2, 0) is 9.53 Å². The van der Waals surface area contributed by atoms with Gasteiger partial charge >= 0.3 is 6.09 Å². The molecule has 140 valence electrons. The van der Waals surface area contributed by atoms with Gasteiger partial charge in [-0.1, -0.05) is 12.1 Å². The quantitative estimate of drug-likeness (QED) is 0.790. The van der Waals surface area contributed by atoms with Gasteiger partial charge in [-0.2, -0.15) is 0 Å². The predicted molar refractivity (Wildman–Crippen MR) is 94.7 cm³/mol. The first-order valence-corrected chi connectivity index (χ1v) is 8.24. The molecule has 0 aromatic heterocycles. The van der Waals surface area contributed by atoms with Crippen molar-refractivity contribution in [2.45, 2.75) is 38.8 Å². The maximum atomic E-state index is 13.4. The Morgan fingerprint density at radius 2 is 1.92 bits per heavy atom. The summed E-state index contributed by atoms with van der Waals surface area (Å²) in [6, 6.07) is 6.17. The van der Waals surface area contributed by atoms with Crippen LogP contribution in [-0.4, -0.2) is 49.7 Å². The molecular formula is C18H28FN3O3. The van der Waals surface area contributed by atoms with Crippen LogP contribution in [0.25, 0.3) is 0 Å². The van der Waals surface area contributed by atoms with Crippen LogP contribution in [0.3, 0.4) is 0 Å². The second kappa shape index (κ2) is 9.36. The lowest BCUT2D eigenvalue weighted by molar-refractivity contribution is -0.121. The van der Waals surface area contributed by atoms with Gasteiger partial charge in [-0.3, -0.25) is 4.79 Å². The maximum Gasteiger partial charge on any atom is 0.407 e. The van der Waals surface area contributed by atoms with Crippen LogP contribution >= 0.6 is 0 Å². The Hall–Kier alpha value is -2.15. The van der Waals surface area contributed by atoms with E-state index in [4.69, 9.17) is 4.74 Å². The molecule has 1 aromatic carbocycles. The van der Waals surface area contributed by atoms with Gasteiger partial charge in [0, 0.05) is 19.5 Å². The zero-order valence-electron chi connectivity index (χ0n) is 15.6. The summed E-state index contributed by atoms with van der Waals surface area (Å²) in [7, 11) is 3.73. The molecule has 1 unspecified atom stereocenters. The number of carbonyl (C=O) groups is 2. The second-order valence-electron chi connectivity index (χ2n) is 7.02. The fraction of sp³-hybridized carbons (Fsp3) is 0.556. The number of ether oxygens (including phenoxy) is 1. The van der Waals surface area contributed by atoms with Gasteiger partial charge in [0.2, 0.25) is 5.91 Å². The van der Waals surface area contributed by atoms with Crippen molar-refractivity contribution in [3.8, 4) is 0 Å². The molecule has 7 heteroatoms. The fourth-order valence-corrected chi connectivity index (χ4v) is 2.20. The minimum Gasteiger partial charge on any atom is -0.444 e. The van der Waals surface area contributed by atoms with E-state index in [0.29, 0.717) is 6.54 Å². The van der Waals surface area contributed by atoms with Crippen LogP contribution in [0.2, 0.25) is 0 Å². The summed E-state index contributed by atoms with van der Waals surface area (Å²) < 4.78 is 18.5. The Morgan fingerprint density at radius 1 is 1.24 bits per heavy atom. The van der Waals surface area contributed by atoms with E-state index in [2.05, 4.69) is 10.6 Å². The zero-order valence-corrected chi connectivity index (χ0v) is 15.6. The van der Waals surface area contributed by atoms with E-state index in [9.17, 15) is 14.0 Å². The standard InChI is InChI=1S/C18H28FN3O3/c1-18(2,3)25-17(24)20-10-9-16(23)21-12-15(22(4)5)13-7-6-8-14(19)11-13/h6-8,11,15H,9-10,12H2,1-5H3,(H,20,24)(H,21,23). The van der Waals surface area contributed by atoms with Crippen LogP contribution in [0.1, 0.15) is 38.8 Å². The molecule has 0 aliphatic carbocycles. The summed E-state index contributed by atoms with van der Waals surface area (Å²) >= 11 is 0. The molecular weight excluding hydrogens is 325 g/mol. The third-order valence-corrected chi connectivity index (χ3v) is 3.37. The highest BCUT2D eigenvalue weighted by Gasteiger charge is 2.17. The van der Waals surface area contributed by atoms with Crippen molar-refractivity contribution in [3.05, 3.63) is 35.6 Å². The van der Waals surface area contributed by atoms with Crippen LogP contribution in [0.15, 0.2) is 24.3 Å². The number of nitrogens with zero attached hydrogens (tertiary/aromatic N) is 1. The minimum absolute atomic E-state index is 0.140. The number of hydrogen-bond donors (Lipinski definition) is 2. The molecule has 1 atom stereocenters. The highest BCUT2D eigenvalue weighted by Crippen LogP contribution is 2.18. The monoisotopic (exact) mass is 353 g/mol. The number of amides is 2. The van der Waals surface area contributed by atoms with Gasteiger partial charge in [0.05, 0.1) is 6.04 Å². The molecule has 0 aliphatic rings. The molecule has 0 bridgehead atoms. The number of halogens is 1. The summed E-state index contributed by atoms with van der Waals surface area (Å²) in [5, 5.41) is 5.35. The van der Waals surface area contributed by atoms with Gasteiger partial charge in [0.25, 0.3) is 0 Å². The predicted octanol–water partition coefficient (Wildman–Crippen LogP) is 2.46. The van der Waals surface area contributed by atoms with Gasteiger partial charge in [-0.25, -0.2) is 9.18 Å². The number of nitrogens with one attached hydrogen (secondary N) is 2. The highest BCUT2D eigenvalue weighted by molar-refractivity contribution is 5.77. The third kappa shape index (κ3) is 8.49. The van der Waals surface area contributed by atoms with Gasteiger partial charge in [0.1, 0.15) is 11.4 Å². The largest absolute Gasteiger partial charge is 0.444 e. The van der Waals surface area contributed by atoms with Gasteiger partial charge in [-0.15, -0.1) is 0 Å². The number of rotatable bonds is 7. The van der Waals surface area contributed by atoms with Gasteiger partial charge in [-0.05, 0) is 52.6 Å². The Bertz CT molecular complexity index is 585. The van der Waals surface area contributed by atoms with Gasteiger partial charge in [0.15, 0.2) is 0 Å². The van der Waals surface area contributed by atoms with Crippen molar-refractivity contribution in [2.75, 3.05) is 27.2 Å². The van der Waals surface area contributed by atoms with E-state index in [-0.39, 0.29) is 30.7 Å². The maximum absolute atomic E-state index is 13.4. The molecule has 0 spiro atoms. The molecule has 1 aromatic rings. The van der Waals surface area contributed by atoms with E-state index in [0.717, 1.165) is 5.56 Å². The van der Waals surface area contributed by atoms with E-state index in [1.165, 1.54) is 12.1 Å². The molecule has 0 radical (unpaired) electrons. The Morgan fingerprint density at radius 3 is 2.48 bits per heavy atom. The van der Waals surface area contributed by atoms with E-state index in [1.54, 1.807) is 26.8 Å². The Kier molecular flexibility index (Phi) is 7.83. The lowest BCUT2D eigenvalue weighted by Crippen LogP contribution is -2.37. The van der Waals surface area contributed by atoms with Crippen molar-refractivity contribution in [1.29, 1.82) is 0 Å². The lowest BCUT2D eigenvalue weighted by atomic mass is 10.1. The molecule has 0 saturated heterocycles. The van der Waals surface area contributed by atoms with Crippen molar-refractivity contribution < 1.29 is 18.7 Å². The highest BCUT2D eigenvalue weighted by atomic mass is 19.1. The molecule has 0 heterocycles. The Labute approximate surface area is 148 Å². The first-order chi connectivity index (χ1) is 11.6. The van der Waals surface area contributed by atoms with Crippen molar-refractivity contribution >= 4 is 12.0 Å². The molecule has 0 fully saturated rings. The van der Waals surface area contributed by atoms with E-state index < -0.39 is 11.7 Å². The number of hydrogen-bond acceptors (Lipinski definition) is 4. The van der Waals surface area contributed by atoms with Crippen molar-refractivity contribution in [3.63, 3.8) is 0 Å². The van der Waals surface area contributed by atoms with Crippen molar-refractivity contribution in [1.82, 2.24) is 15.5 Å². The molecule has 25 heavy (non-hydrogen) atoms. The topological polar surface area (TPSA) is 70.7 Å². The summed E-state index contributed by atoms with van der Waals surface area (Å²) in [4.78, 5) is 25.4. The van der Waals surface area contributed by atoms with Crippen LogP contribution in [0.5, 0.6) is 0 Å². The molecule has 0 aliphatic heterocycles. The first kappa shape index (κ1) is 20.9. The average Bonchev–Trinajstić information content (AvgIpc) is 2.45. The van der Waals surface area contributed by atoms with Crippen molar-refractivity contribution in [2.24, 2.45) is 0 Å². The normalized spacial score (nSPS) is 12.6. The number of benzene rings is 1. The third-order valence-electron chi connectivity index (χ3n) is 3.37. The number of alkyl carbamates (subject to hydrolysis) is 1. The van der Waals surface area contributed by atoms with Crippen LogP contribution in [0.4, 0.5) is 9.18 Å². The van der Waals surface area contributed by atoms with Crippen LogP contribution in [0, 0.1) is 5.82 Å². The van der Waals surface area contributed by atoms with Crippen LogP contribution < -0.4 is 10.6 Å². The zero-order chi connectivity index (χ0) is 19.0. The number of carbonyl (C=O) groups excluding carboxylic acids is 2. The molecule has 6 nitrogen and oxygen atoms in total. The molecule has 2 N–H and O–H groups in total. The first-order valence-electron chi connectivity index (χ1n) is 8.24. The second-order valence-corrected chi connectivity index (χ2v) is 7.02. The lowest BCUT2D eigenvalue weighted by Gasteiger charge is -2.25. The molecule has 1 rings (SSSR count). The molecule has 2 amide bonds. The summed E-state index contributed by atoms with van der Waals surface area (Å²) in [6.45, 7) is 5.85. The minimum atomic E-state index is -0.573. The number of likely N-dealkylation sites (N-methyl/N-ethyl adjacent to an activating group) is 1. The Balaban J connectivity index is 2.42. The smallest absolute Gasteiger partial charge is 0.407 e.